The van der Waals surface area contributed by atoms with E-state index in [9.17, 15) is 9.50 Å². The lowest BCUT2D eigenvalue weighted by atomic mass is 10.1. The number of fused-ring (bicyclic) bond motifs is 1. The van der Waals surface area contributed by atoms with Crippen molar-refractivity contribution in [3.63, 3.8) is 0 Å². The van der Waals surface area contributed by atoms with Crippen molar-refractivity contribution >= 4 is 21.4 Å². The molecule has 0 saturated carbocycles. The Balaban J connectivity index is 1.86. The van der Waals surface area contributed by atoms with Crippen molar-refractivity contribution in [3.05, 3.63) is 59.2 Å². The van der Waals surface area contributed by atoms with E-state index in [1.54, 1.807) is 29.5 Å². The predicted octanol–water partition coefficient (Wildman–Crippen LogP) is 4.33. The SMILES string of the molecule is Oc1cccc2scc(COc3cccc(F)c3)c12. The van der Waals surface area contributed by atoms with Crippen molar-refractivity contribution in [2.45, 2.75) is 6.61 Å². The first-order valence-electron chi connectivity index (χ1n) is 5.80. The lowest BCUT2D eigenvalue weighted by molar-refractivity contribution is 0.306. The van der Waals surface area contributed by atoms with Gasteiger partial charge in [-0.25, -0.2) is 4.39 Å². The predicted molar refractivity (Wildman–Crippen MR) is 74.2 cm³/mol. The zero-order valence-electron chi connectivity index (χ0n) is 9.97. The van der Waals surface area contributed by atoms with Crippen LogP contribution >= 0.6 is 11.3 Å². The summed E-state index contributed by atoms with van der Waals surface area (Å²) in [5.41, 5.74) is 0.905. The van der Waals surface area contributed by atoms with Crippen LogP contribution in [0.2, 0.25) is 0 Å². The molecule has 1 aromatic heterocycles. The number of halogens is 1. The highest BCUT2D eigenvalue weighted by Gasteiger charge is 2.08. The number of ether oxygens (including phenoxy) is 1. The van der Waals surface area contributed by atoms with Crippen molar-refractivity contribution in [2.24, 2.45) is 0 Å². The zero-order chi connectivity index (χ0) is 13.2. The quantitative estimate of drug-likeness (QED) is 0.770. The lowest BCUT2D eigenvalue weighted by Crippen LogP contribution is -1.94. The summed E-state index contributed by atoms with van der Waals surface area (Å²) in [4.78, 5) is 0. The highest BCUT2D eigenvalue weighted by Crippen LogP contribution is 2.33. The Labute approximate surface area is 113 Å². The molecule has 0 fully saturated rings. The molecule has 0 spiro atoms. The molecule has 96 valence electrons. The summed E-state index contributed by atoms with van der Waals surface area (Å²) in [6, 6.07) is 11.4. The Morgan fingerprint density at radius 1 is 1.16 bits per heavy atom. The summed E-state index contributed by atoms with van der Waals surface area (Å²) >= 11 is 1.55. The van der Waals surface area contributed by atoms with E-state index in [0.29, 0.717) is 12.4 Å². The minimum absolute atomic E-state index is 0.247. The van der Waals surface area contributed by atoms with Gasteiger partial charge in [0.25, 0.3) is 0 Å². The van der Waals surface area contributed by atoms with Gasteiger partial charge >= 0.3 is 0 Å². The lowest BCUT2D eigenvalue weighted by Gasteiger charge is -2.06. The summed E-state index contributed by atoms with van der Waals surface area (Å²) in [6.45, 7) is 0.307. The van der Waals surface area contributed by atoms with Gasteiger partial charge < -0.3 is 9.84 Å². The number of hydrogen-bond acceptors (Lipinski definition) is 3. The van der Waals surface area contributed by atoms with E-state index in [2.05, 4.69) is 0 Å². The fourth-order valence-electron chi connectivity index (χ4n) is 1.96. The van der Waals surface area contributed by atoms with Crippen LogP contribution in [0.3, 0.4) is 0 Å². The molecule has 0 saturated heterocycles. The average Bonchev–Trinajstić information content (AvgIpc) is 2.81. The van der Waals surface area contributed by atoms with Crippen LogP contribution in [0.15, 0.2) is 47.8 Å². The van der Waals surface area contributed by atoms with Crippen LogP contribution in [0.25, 0.3) is 10.1 Å². The molecule has 4 heteroatoms. The van der Waals surface area contributed by atoms with Gasteiger partial charge in [-0.1, -0.05) is 12.1 Å². The van der Waals surface area contributed by atoms with Gasteiger partial charge in [0.2, 0.25) is 0 Å². The van der Waals surface area contributed by atoms with E-state index in [-0.39, 0.29) is 11.6 Å². The first-order valence-corrected chi connectivity index (χ1v) is 6.68. The van der Waals surface area contributed by atoms with Crippen LogP contribution in [0.1, 0.15) is 5.56 Å². The third-order valence-electron chi connectivity index (χ3n) is 2.84. The minimum atomic E-state index is -0.324. The van der Waals surface area contributed by atoms with Crippen LogP contribution in [-0.2, 0) is 6.61 Å². The van der Waals surface area contributed by atoms with Gasteiger partial charge in [0.1, 0.15) is 23.9 Å². The number of phenolic OH excluding ortho intramolecular Hbond substituents is 1. The molecule has 0 amide bonds. The minimum Gasteiger partial charge on any atom is -0.507 e. The number of benzene rings is 2. The molecule has 0 atom stereocenters. The van der Waals surface area contributed by atoms with Gasteiger partial charge in [-0.05, 0) is 29.6 Å². The molecule has 19 heavy (non-hydrogen) atoms. The maximum absolute atomic E-state index is 13.0. The molecule has 1 N–H and O–H groups in total. The fourth-order valence-corrected chi connectivity index (χ4v) is 2.92. The second-order valence-corrected chi connectivity index (χ2v) is 5.07. The smallest absolute Gasteiger partial charge is 0.126 e. The summed E-state index contributed by atoms with van der Waals surface area (Å²) in [5, 5.41) is 12.6. The van der Waals surface area contributed by atoms with E-state index in [0.717, 1.165) is 15.6 Å². The van der Waals surface area contributed by atoms with Crippen LogP contribution in [-0.4, -0.2) is 5.11 Å². The van der Waals surface area contributed by atoms with Gasteiger partial charge in [0, 0.05) is 21.7 Å². The zero-order valence-corrected chi connectivity index (χ0v) is 10.8. The molecule has 0 aliphatic carbocycles. The van der Waals surface area contributed by atoms with E-state index in [1.807, 2.05) is 17.5 Å². The molecular formula is C15H11FO2S. The normalized spacial score (nSPS) is 10.8. The van der Waals surface area contributed by atoms with Crippen molar-refractivity contribution < 1.29 is 14.2 Å². The highest BCUT2D eigenvalue weighted by atomic mass is 32.1. The first-order chi connectivity index (χ1) is 9.24. The van der Waals surface area contributed by atoms with Crippen molar-refractivity contribution in [1.82, 2.24) is 0 Å². The summed E-state index contributed by atoms with van der Waals surface area (Å²) in [7, 11) is 0. The summed E-state index contributed by atoms with van der Waals surface area (Å²) < 4.78 is 19.6. The number of hydrogen-bond donors (Lipinski definition) is 1. The molecule has 0 aliphatic rings. The van der Waals surface area contributed by atoms with Crippen LogP contribution in [0.5, 0.6) is 11.5 Å². The second kappa shape index (κ2) is 4.90. The van der Waals surface area contributed by atoms with Gasteiger partial charge in [0.15, 0.2) is 0 Å². The number of aromatic hydroxyl groups is 1. The molecule has 2 nitrogen and oxygen atoms in total. The Kier molecular flexibility index (Phi) is 3.09. The molecule has 0 radical (unpaired) electrons. The van der Waals surface area contributed by atoms with Crippen molar-refractivity contribution in [3.8, 4) is 11.5 Å². The third-order valence-corrected chi connectivity index (χ3v) is 3.84. The topological polar surface area (TPSA) is 29.5 Å². The highest BCUT2D eigenvalue weighted by molar-refractivity contribution is 7.17. The van der Waals surface area contributed by atoms with E-state index in [1.165, 1.54) is 12.1 Å². The molecule has 1 heterocycles. The van der Waals surface area contributed by atoms with Crippen molar-refractivity contribution in [2.75, 3.05) is 0 Å². The van der Waals surface area contributed by atoms with Crippen molar-refractivity contribution in [1.29, 1.82) is 0 Å². The molecule has 2 aromatic carbocycles. The second-order valence-electron chi connectivity index (χ2n) is 4.16. The number of thiophene rings is 1. The standard InChI is InChI=1S/C15H11FO2S/c16-11-3-1-4-12(7-11)18-8-10-9-19-14-6-2-5-13(17)15(10)14/h1-7,9,17H,8H2. The molecule has 0 unspecified atom stereocenters. The van der Waals surface area contributed by atoms with Crippen LogP contribution < -0.4 is 4.74 Å². The Hall–Kier alpha value is -2.07. The fraction of sp³-hybridized carbons (Fsp3) is 0.0667. The molecule has 3 rings (SSSR count). The van der Waals surface area contributed by atoms with E-state index in [4.69, 9.17) is 4.74 Å². The van der Waals surface area contributed by atoms with E-state index >= 15 is 0 Å². The van der Waals surface area contributed by atoms with Gasteiger partial charge in [-0.15, -0.1) is 11.3 Å². The third kappa shape index (κ3) is 2.39. The number of rotatable bonds is 3. The molecule has 3 aromatic rings. The van der Waals surface area contributed by atoms with E-state index < -0.39 is 0 Å². The Morgan fingerprint density at radius 3 is 2.84 bits per heavy atom. The Bertz CT molecular complexity index is 721. The molecule has 0 aliphatic heterocycles. The van der Waals surface area contributed by atoms with Crippen LogP contribution in [0.4, 0.5) is 4.39 Å². The maximum atomic E-state index is 13.0. The largest absolute Gasteiger partial charge is 0.507 e. The average molecular weight is 274 g/mol. The van der Waals surface area contributed by atoms with Gasteiger partial charge in [0.05, 0.1) is 0 Å². The monoisotopic (exact) mass is 274 g/mol. The number of phenols is 1. The van der Waals surface area contributed by atoms with Gasteiger partial charge in [-0.3, -0.25) is 0 Å². The summed E-state index contributed by atoms with van der Waals surface area (Å²) in [6.07, 6.45) is 0. The molecule has 0 bridgehead atoms. The maximum Gasteiger partial charge on any atom is 0.126 e. The Morgan fingerprint density at radius 2 is 2.00 bits per heavy atom. The van der Waals surface area contributed by atoms with Crippen LogP contribution in [0, 0.1) is 5.82 Å². The van der Waals surface area contributed by atoms with Gasteiger partial charge in [-0.2, -0.15) is 0 Å². The first kappa shape index (κ1) is 12.0. The summed E-state index contributed by atoms with van der Waals surface area (Å²) in [5.74, 6) is 0.405. The molecular weight excluding hydrogens is 263 g/mol.